The molecule has 4 aromatic rings. The predicted octanol–water partition coefficient (Wildman–Crippen LogP) is 4.99. The summed E-state index contributed by atoms with van der Waals surface area (Å²) in [7, 11) is 0. The Morgan fingerprint density at radius 1 is 1.00 bits per heavy atom. The summed E-state index contributed by atoms with van der Waals surface area (Å²) in [5.74, 6) is -1.43. The van der Waals surface area contributed by atoms with Gasteiger partial charge in [-0.25, -0.2) is 4.98 Å². The molecule has 0 unspecified atom stereocenters. The van der Waals surface area contributed by atoms with E-state index in [9.17, 15) is 18.0 Å². The molecular formula is C22H18F3N5O. The zero-order valence-electron chi connectivity index (χ0n) is 16.9. The van der Waals surface area contributed by atoms with Gasteiger partial charge in [-0.3, -0.25) is 4.79 Å². The number of anilines is 1. The van der Waals surface area contributed by atoms with Gasteiger partial charge in [0.05, 0.1) is 5.69 Å². The van der Waals surface area contributed by atoms with Gasteiger partial charge in [-0.1, -0.05) is 42.0 Å². The summed E-state index contributed by atoms with van der Waals surface area (Å²) in [4.78, 5) is 20.8. The summed E-state index contributed by atoms with van der Waals surface area (Å²) in [6.07, 6.45) is -4.71. The summed E-state index contributed by atoms with van der Waals surface area (Å²) < 4.78 is 41.7. The number of amides is 1. The number of carbonyl (C=O) groups excluding carboxylic acids is 1. The summed E-state index contributed by atoms with van der Waals surface area (Å²) in [6.45, 7) is 5.60. The molecule has 2 aromatic heterocycles. The molecule has 0 atom stereocenters. The summed E-state index contributed by atoms with van der Waals surface area (Å²) in [5, 5.41) is 6.44. The van der Waals surface area contributed by atoms with Crippen molar-refractivity contribution in [1.82, 2.24) is 19.6 Å². The molecule has 0 fully saturated rings. The molecule has 1 N–H and O–H groups in total. The van der Waals surface area contributed by atoms with Crippen LogP contribution in [-0.4, -0.2) is 25.5 Å². The highest BCUT2D eigenvalue weighted by molar-refractivity contribution is 6.02. The van der Waals surface area contributed by atoms with Gasteiger partial charge in [-0.15, -0.1) is 5.10 Å². The number of benzene rings is 2. The van der Waals surface area contributed by atoms with E-state index in [2.05, 4.69) is 20.4 Å². The minimum atomic E-state index is -4.71. The van der Waals surface area contributed by atoms with Crippen molar-refractivity contribution in [3.8, 4) is 11.3 Å². The molecular weight excluding hydrogens is 407 g/mol. The zero-order valence-corrected chi connectivity index (χ0v) is 16.9. The summed E-state index contributed by atoms with van der Waals surface area (Å²) in [5.41, 5.74) is 2.84. The molecule has 0 aliphatic heterocycles. The number of alkyl halides is 3. The van der Waals surface area contributed by atoms with Crippen LogP contribution in [0.15, 0.2) is 48.5 Å². The van der Waals surface area contributed by atoms with Crippen LogP contribution in [0.5, 0.6) is 0 Å². The number of hydrogen-bond acceptors (Lipinski definition) is 4. The molecule has 0 radical (unpaired) electrons. The molecule has 31 heavy (non-hydrogen) atoms. The van der Waals surface area contributed by atoms with Crippen LogP contribution in [0.2, 0.25) is 0 Å². The first kappa shape index (κ1) is 20.5. The standard InChI is InChI=1S/C22H18F3N5O/c1-12-7-9-15(10-8-12)17-11-18(22(23,24)25)30-21(27-17)28-19(29-30)20(31)26-16-6-4-5-13(2)14(16)3/h4-11H,1-3H3,(H,26,31). The quantitative estimate of drug-likeness (QED) is 0.502. The lowest BCUT2D eigenvalue weighted by Gasteiger charge is -2.10. The maximum Gasteiger partial charge on any atom is 0.433 e. The molecule has 0 bridgehead atoms. The van der Waals surface area contributed by atoms with Crippen LogP contribution in [-0.2, 0) is 6.18 Å². The lowest BCUT2D eigenvalue weighted by atomic mass is 10.1. The third-order valence-corrected chi connectivity index (χ3v) is 5.01. The monoisotopic (exact) mass is 425 g/mol. The predicted molar refractivity (Wildman–Crippen MR) is 110 cm³/mol. The molecule has 2 heterocycles. The normalized spacial score (nSPS) is 11.7. The first-order chi connectivity index (χ1) is 14.6. The second-order valence-corrected chi connectivity index (χ2v) is 7.24. The molecule has 0 saturated heterocycles. The van der Waals surface area contributed by atoms with E-state index in [0.717, 1.165) is 22.8 Å². The molecule has 4 rings (SSSR count). The second kappa shape index (κ2) is 7.50. The van der Waals surface area contributed by atoms with Crippen LogP contribution in [0.25, 0.3) is 17.0 Å². The van der Waals surface area contributed by atoms with Crippen molar-refractivity contribution in [2.75, 3.05) is 5.32 Å². The summed E-state index contributed by atoms with van der Waals surface area (Å²) in [6, 6.07) is 13.2. The van der Waals surface area contributed by atoms with E-state index < -0.39 is 23.6 Å². The van der Waals surface area contributed by atoms with Crippen molar-refractivity contribution in [1.29, 1.82) is 0 Å². The number of fused-ring (bicyclic) bond motifs is 1. The Bertz CT molecular complexity index is 1290. The summed E-state index contributed by atoms with van der Waals surface area (Å²) >= 11 is 0. The maximum atomic E-state index is 13.7. The van der Waals surface area contributed by atoms with Gasteiger partial charge in [-0.2, -0.15) is 22.7 Å². The van der Waals surface area contributed by atoms with Gasteiger partial charge in [0, 0.05) is 11.3 Å². The van der Waals surface area contributed by atoms with Crippen LogP contribution < -0.4 is 5.32 Å². The topological polar surface area (TPSA) is 72.2 Å². The van der Waals surface area contributed by atoms with E-state index in [-0.39, 0.29) is 11.5 Å². The smallest absolute Gasteiger partial charge is 0.319 e. The second-order valence-electron chi connectivity index (χ2n) is 7.24. The van der Waals surface area contributed by atoms with Gasteiger partial charge in [0.25, 0.3) is 11.7 Å². The van der Waals surface area contributed by atoms with E-state index in [1.54, 1.807) is 36.4 Å². The van der Waals surface area contributed by atoms with Crippen molar-refractivity contribution in [3.63, 3.8) is 0 Å². The minimum Gasteiger partial charge on any atom is -0.319 e. The van der Waals surface area contributed by atoms with Gasteiger partial charge >= 0.3 is 6.18 Å². The average molecular weight is 425 g/mol. The van der Waals surface area contributed by atoms with Gasteiger partial charge in [0.1, 0.15) is 0 Å². The molecule has 2 aromatic carbocycles. The number of rotatable bonds is 3. The van der Waals surface area contributed by atoms with E-state index in [0.29, 0.717) is 15.8 Å². The van der Waals surface area contributed by atoms with Crippen LogP contribution >= 0.6 is 0 Å². The van der Waals surface area contributed by atoms with Gasteiger partial charge in [-0.05, 0) is 44.0 Å². The molecule has 0 aliphatic rings. The third-order valence-electron chi connectivity index (χ3n) is 5.01. The largest absolute Gasteiger partial charge is 0.433 e. The molecule has 0 spiro atoms. The Kier molecular flexibility index (Phi) is 4.96. The molecule has 0 saturated carbocycles. The Morgan fingerprint density at radius 2 is 1.71 bits per heavy atom. The van der Waals surface area contributed by atoms with Crippen LogP contribution in [0.4, 0.5) is 18.9 Å². The fourth-order valence-electron chi connectivity index (χ4n) is 3.10. The van der Waals surface area contributed by atoms with E-state index in [1.165, 1.54) is 0 Å². The minimum absolute atomic E-state index is 0.0914. The van der Waals surface area contributed by atoms with E-state index >= 15 is 0 Å². The van der Waals surface area contributed by atoms with Gasteiger partial charge in [0.15, 0.2) is 5.69 Å². The van der Waals surface area contributed by atoms with Crippen molar-refractivity contribution in [3.05, 3.63) is 76.7 Å². The highest BCUT2D eigenvalue weighted by Crippen LogP contribution is 2.32. The van der Waals surface area contributed by atoms with E-state index in [1.807, 2.05) is 26.8 Å². The fourth-order valence-corrected chi connectivity index (χ4v) is 3.10. The van der Waals surface area contributed by atoms with Crippen molar-refractivity contribution in [2.45, 2.75) is 26.9 Å². The molecule has 6 nitrogen and oxygen atoms in total. The van der Waals surface area contributed by atoms with Crippen molar-refractivity contribution in [2.24, 2.45) is 0 Å². The van der Waals surface area contributed by atoms with Crippen LogP contribution in [0.3, 0.4) is 0 Å². The average Bonchev–Trinajstić information content (AvgIpc) is 3.14. The third kappa shape index (κ3) is 3.98. The Hall–Kier alpha value is -3.75. The number of nitrogens with one attached hydrogen (secondary N) is 1. The number of aromatic nitrogens is 4. The lowest BCUT2D eigenvalue weighted by Crippen LogP contribution is -2.16. The number of aryl methyl sites for hydroxylation is 2. The van der Waals surface area contributed by atoms with Crippen LogP contribution in [0.1, 0.15) is 33.0 Å². The van der Waals surface area contributed by atoms with Crippen LogP contribution in [0, 0.1) is 20.8 Å². The van der Waals surface area contributed by atoms with Gasteiger partial charge < -0.3 is 5.32 Å². The molecule has 158 valence electrons. The Labute approximate surface area is 175 Å². The number of nitrogens with zero attached hydrogens (tertiary/aromatic N) is 4. The van der Waals surface area contributed by atoms with Crippen molar-refractivity contribution < 1.29 is 18.0 Å². The van der Waals surface area contributed by atoms with Gasteiger partial charge in [0.2, 0.25) is 5.82 Å². The first-order valence-electron chi connectivity index (χ1n) is 9.43. The highest BCUT2D eigenvalue weighted by Gasteiger charge is 2.36. The van der Waals surface area contributed by atoms with Crippen molar-refractivity contribution >= 4 is 17.4 Å². The first-order valence-corrected chi connectivity index (χ1v) is 9.43. The fraction of sp³-hybridized carbons (Fsp3) is 0.182. The zero-order chi connectivity index (χ0) is 22.3. The SMILES string of the molecule is Cc1ccc(-c2cc(C(F)(F)F)n3nc(C(=O)Nc4cccc(C)c4C)nc3n2)cc1. The Morgan fingerprint density at radius 3 is 2.39 bits per heavy atom. The molecule has 9 heteroatoms. The number of halogens is 3. The lowest BCUT2D eigenvalue weighted by molar-refractivity contribution is -0.142. The maximum absolute atomic E-state index is 13.7. The highest BCUT2D eigenvalue weighted by atomic mass is 19.4. The Balaban J connectivity index is 1.79. The van der Waals surface area contributed by atoms with E-state index in [4.69, 9.17) is 0 Å². The molecule has 0 aliphatic carbocycles. The number of carbonyl (C=O) groups is 1. The number of hydrogen-bond donors (Lipinski definition) is 1. The molecule has 1 amide bonds.